The smallest absolute Gasteiger partial charge is 0.194 e. The quantitative estimate of drug-likeness (QED) is 0.148. The first kappa shape index (κ1) is 44.6. The average molecular weight is 1040 g/mol. The Bertz CT molecular complexity index is 4630. The molecule has 5 heterocycles. The summed E-state index contributed by atoms with van der Waals surface area (Å²) in [6.07, 6.45) is 21.3. The zero-order valence-electron chi connectivity index (χ0n) is 41.8. The molecule has 376 valence electrons. The molecule has 3 aromatic heterocycles. The van der Waals surface area contributed by atoms with E-state index < -0.39 is 35.5 Å². The Morgan fingerprint density at radius 1 is 0.263 bits per heavy atom. The molecule has 0 radical (unpaired) electrons. The van der Waals surface area contributed by atoms with Crippen molar-refractivity contribution in [2.45, 2.75) is 0 Å². The summed E-state index contributed by atoms with van der Waals surface area (Å²) in [6, 6.07) is 28.0. The zero-order valence-corrected chi connectivity index (χ0v) is 41.8. The van der Waals surface area contributed by atoms with Gasteiger partial charge in [-0.25, -0.2) is 9.97 Å². The summed E-state index contributed by atoms with van der Waals surface area (Å²) in [4.78, 5) is 133. The van der Waals surface area contributed by atoms with Gasteiger partial charge in [0.1, 0.15) is 0 Å². The fraction of sp³-hybridized carbons (Fsp3) is 0.0882. The molecule has 2 N–H and O–H groups in total. The number of H-pyrrole nitrogens is 2. The third-order valence-corrected chi connectivity index (χ3v) is 17.8. The number of hydrogen-bond donors (Lipinski definition) is 2. The lowest BCUT2D eigenvalue weighted by Crippen LogP contribution is -2.35. The number of allylic oxidation sites excluding steroid dienone is 12. The van der Waals surface area contributed by atoms with Crippen LogP contribution >= 0.6 is 0 Å². The van der Waals surface area contributed by atoms with E-state index in [1.165, 1.54) is 0 Å². The molecule has 8 bridgehead atoms. The molecule has 0 spiro atoms. The minimum atomic E-state index is -0.670. The van der Waals surface area contributed by atoms with E-state index in [1.54, 1.807) is 146 Å². The van der Waals surface area contributed by atoms with E-state index in [0.717, 1.165) is 0 Å². The van der Waals surface area contributed by atoms with E-state index >= 15 is 0 Å². The molecule has 0 saturated carbocycles. The van der Waals surface area contributed by atoms with Crippen molar-refractivity contribution in [1.29, 1.82) is 0 Å². The normalized spacial score (nSPS) is 22.1. The van der Waals surface area contributed by atoms with Crippen molar-refractivity contribution in [3.05, 3.63) is 226 Å². The van der Waals surface area contributed by atoms with Gasteiger partial charge in [-0.05, 0) is 72.8 Å². The molecule has 0 amide bonds. The number of carbonyl (C=O) groups excluding carboxylic acids is 8. The van der Waals surface area contributed by atoms with E-state index in [-0.39, 0.29) is 90.8 Å². The van der Waals surface area contributed by atoms with Crippen LogP contribution < -0.4 is 0 Å². The number of nitrogens with one attached hydrogen (secondary N) is 2. The minimum absolute atomic E-state index is 0.192. The molecule has 2 aliphatic heterocycles. The Morgan fingerprint density at radius 3 is 0.762 bits per heavy atom. The molecular formula is C68H36N4O8. The molecule has 8 aromatic rings. The fourth-order valence-electron chi connectivity index (χ4n) is 13.8. The summed E-state index contributed by atoms with van der Waals surface area (Å²) < 4.78 is 0. The van der Waals surface area contributed by atoms with Gasteiger partial charge >= 0.3 is 0 Å². The summed E-state index contributed by atoms with van der Waals surface area (Å²) in [5, 5.41) is 2.36. The number of fused-ring (bicyclic) bond motifs is 28. The van der Waals surface area contributed by atoms with Gasteiger partial charge in [0.25, 0.3) is 0 Å². The van der Waals surface area contributed by atoms with Crippen LogP contribution in [0.1, 0.15) is 94.0 Å². The molecule has 80 heavy (non-hydrogen) atoms. The summed E-state index contributed by atoms with van der Waals surface area (Å²) in [5.41, 5.74) is 8.62. The van der Waals surface area contributed by atoms with Crippen molar-refractivity contribution in [3.8, 4) is 45.0 Å². The number of aromatic amines is 2. The first-order valence-corrected chi connectivity index (χ1v) is 26.5. The Morgan fingerprint density at radius 2 is 0.500 bits per heavy atom. The molecule has 7 aliphatic carbocycles. The highest BCUT2D eigenvalue weighted by atomic mass is 16.2. The molecule has 0 saturated heterocycles. The van der Waals surface area contributed by atoms with Crippen LogP contribution in [0.25, 0.3) is 88.6 Å². The van der Waals surface area contributed by atoms with Crippen LogP contribution in [0.15, 0.2) is 170 Å². The Labute approximate surface area is 452 Å². The van der Waals surface area contributed by atoms with Gasteiger partial charge < -0.3 is 9.97 Å². The zero-order chi connectivity index (χ0) is 53.7. The number of rotatable bonds is 0. The van der Waals surface area contributed by atoms with Crippen LogP contribution in [0.5, 0.6) is 0 Å². The van der Waals surface area contributed by atoms with Crippen molar-refractivity contribution in [1.82, 2.24) is 19.9 Å². The van der Waals surface area contributed by atoms with Crippen molar-refractivity contribution in [2.24, 2.45) is 35.5 Å². The lowest BCUT2D eigenvalue weighted by Gasteiger charge is -2.28. The lowest BCUT2D eigenvalue weighted by molar-refractivity contribution is 0.0801. The third kappa shape index (κ3) is 5.88. The molecule has 5 aromatic carbocycles. The fourth-order valence-corrected chi connectivity index (χ4v) is 13.8. The third-order valence-electron chi connectivity index (χ3n) is 17.8. The number of aromatic nitrogens is 4. The van der Waals surface area contributed by atoms with Gasteiger partial charge in [-0.1, -0.05) is 97.2 Å². The molecular weight excluding hydrogens is 1000 g/mol. The van der Waals surface area contributed by atoms with E-state index in [4.69, 9.17) is 9.97 Å². The van der Waals surface area contributed by atoms with Crippen LogP contribution in [-0.4, -0.2) is 66.2 Å². The Kier molecular flexibility index (Phi) is 8.71. The van der Waals surface area contributed by atoms with Gasteiger partial charge in [0.05, 0.1) is 58.3 Å². The number of benzene rings is 5. The van der Waals surface area contributed by atoms with Gasteiger partial charge in [-0.15, -0.1) is 0 Å². The second-order valence-electron chi connectivity index (χ2n) is 21.9. The summed E-state index contributed by atoms with van der Waals surface area (Å²) in [7, 11) is 0. The maximum Gasteiger partial charge on any atom is 0.194 e. The van der Waals surface area contributed by atoms with Gasteiger partial charge in [0.2, 0.25) is 0 Å². The van der Waals surface area contributed by atoms with Gasteiger partial charge in [0, 0.05) is 122 Å². The van der Waals surface area contributed by atoms with Crippen LogP contribution in [0.4, 0.5) is 0 Å². The highest BCUT2D eigenvalue weighted by Gasteiger charge is 2.44. The van der Waals surface area contributed by atoms with Crippen LogP contribution in [-0.2, 0) is 0 Å². The van der Waals surface area contributed by atoms with Crippen molar-refractivity contribution < 1.29 is 38.4 Å². The van der Waals surface area contributed by atoms with Crippen LogP contribution in [0, 0.1) is 35.5 Å². The van der Waals surface area contributed by atoms with Crippen molar-refractivity contribution >= 4 is 89.9 Å². The number of nitrogens with zero attached hydrogens (tertiary/aromatic N) is 2. The van der Waals surface area contributed by atoms with E-state index in [1.807, 2.05) is 24.3 Å². The van der Waals surface area contributed by atoms with Crippen molar-refractivity contribution in [3.63, 3.8) is 0 Å². The molecule has 9 aliphatic rings. The maximum atomic E-state index is 14.4. The van der Waals surface area contributed by atoms with E-state index in [9.17, 15) is 38.4 Å². The van der Waals surface area contributed by atoms with Gasteiger partial charge in [-0.2, -0.15) is 0 Å². The largest absolute Gasteiger partial charge is 0.354 e. The lowest BCUT2D eigenvalue weighted by atomic mass is 9.71. The standard InChI is InChI=1S/C68H36N4O8/c73-61-29-9-1-2-10-30(29)62(74)46-18-38-37(17-45(46)61)53-25-55-39-19-47-48(64(76)32-12-4-3-11-31(32)63(47)75)20-40(39)57(70-55)27-59-43-23-51-52(68(80)36-16-8-7-15-35(36)67(51)79)24-44(43)60(72-59)28-58-42-22-50-49(21-41(42)56(71-58)26-54(38)69-53)65(77)33-13-5-6-14-34(33)66(50)78/h1-34,70-71H. The minimum Gasteiger partial charge on any atom is -0.354 e. The molecule has 0 fully saturated rings. The molecule has 6 atom stereocenters. The molecule has 12 nitrogen and oxygen atoms in total. The topological polar surface area (TPSA) is 194 Å². The van der Waals surface area contributed by atoms with E-state index in [0.29, 0.717) is 99.8 Å². The summed E-state index contributed by atoms with van der Waals surface area (Å²) in [5.74, 6) is -5.80. The number of Topliss-reactive ketones (excluding diaryl/α,β-unsaturated/α-hetero) is 6. The second kappa shape index (κ2) is 15.6. The first-order valence-electron chi connectivity index (χ1n) is 26.5. The SMILES string of the molecule is O=C1c2ccccc2C(=O)c2cc3c(cc21)-c1cc2[nH]c(cc4nc(cc5[nH]c(cc-3n1)c1cc3c(cc51)C(=O)C1C=CC=CC1C3=O)-c1cc3c(cc1-4)C(=O)C1C=CC=CC1C3=O)c1cc3c(cc21)C(=O)C1C=CC=CC1C3=O. The predicted molar refractivity (Wildman–Crippen MR) is 300 cm³/mol. The number of hydrogen-bond acceptors (Lipinski definition) is 10. The monoisotopic (exact) mass is 1040 g/mol. The van der Waals surface area contributed by atoms with Crippen LogP contribution in [0.2, 0.25) is 0 Å². The predicted octanol–water partition coefficient (Wildman–Crippen LogP) is 12.3. The highest BCUT2D eigenvalue weighted by molar-refractivity contribution is 6.30. The highest BCUT2D eigenvalue weighted by Crippen LogP contribution is 2.47. The first-order chi connectivity index (χ1) is 38.9. The Hall–Kier alpha value is -10.5. The second-order valence-corrected chi connectivity index (χ2v) is 21.9. The maximum absolute atomic E-state index is 14.4. The van der Waals surface area contributed by atoms with Crippen LogP contribution in [0.3, 0.4) is 0 Å². The number of ketones is 8. The molecule has 6 unspecified atom stereocenters. The Balaban J connectivity index is 1.01. The summed E-state index contributed by atoms with van der Waals surface area (Å²) in [6.45, 7) is 0. The number of carbonyl (C=O) groups is 8. The van der Waals surface area contributed by atoms with Crippen molar-refractivity contribution in [2.75, 3.05) is 0 Å². The van der Waals surface area contributed by atoms with Gasteiger partial charge in [-0.3, -0.25) is 38.4 Å². The average Bonchev–Trinajstić information content (AvgIpc) is 4.40. The van der Waals surface area contributed by atoms with E-state index in [2.05, 4.69) is 9.97 Å². The van der Waals surface area contributed by atoms with Gasteiger partial charge in [0.15, 0.2) is 46.3 Å². The summed E-state index contributed by atoms with van der Waals surface area (Å²) >= 11 is 0. The molecule has 17 rings (SSSR count). The molecule has 12 heteroatoms.